The van der Waals surface area contributed by atoms with E-state index < -0.39 is 0 Å². The topological polar surface area (TPSA) is 50.9 Å². The van der Waals surface area contributed by atoms with Gasteiger partial charge in [-0.3, -0.25) is 0 Å². The third-order valence-electron chi connectivity index (χ3n) is 2.25. The number of pyridine rings is 1. The second kappa shape index (κ2) is 4.82. The Bertz CT molecular complexity index is 555. The molecule has 0 aliphatic heterocycles. The number of nitrogens with one attached hydrogen (secondary N) is 1. The van der Waals surface area contributed by atoms with Crippen LogP contribution in [0.1, 0.15) is 5.69 Å². The molecule has 0 fully saturated rings. The summed E-state index contributed by atoms with van der Waals surface area (Å²) in [6.07, 6.45) is 0. The number of nitrogens with zero attached hydrogens (tertiary/aromatic N) is 1. The number of anilines is 3. The number of benzene rings is 1. The van der Waals surface area contributed by atoms with Crippen LogP contribution in [0.15, 0.2) is 30.3 Å². The van der Waals surface area contributed by atoms with Gasteiger partial charge in [0.25, 0.3) is 0 Å². The molecule has 2 aromatic rings. The Morgan fingerprint density at radius 2 is 1.94 bits per heavy atom. The van der Waals surface area contributed by atoms with Crippen molar-refractivity contribution in [1.29, 1.82) is 0 Å². The highest BCUT2D eigenvalue weighted by atomic mass is 35.5. The van der Waals surface area contributed by atoms with Gasteiger partial charge in [-0.15, -0.1) is 0 Å². The first-order valence-corrected chi connectivity index (χ1v) is 5.77. The van der Waals surface area contributed by atoms with Crippen LogP contribution in [0.2, 0.25) is 10.0 Å². The Morgan fingerprint density at radius 3 is 2.65 bits per heavy atom. The summed E-state index contributed by atoms with van der Waals surface area (Å²) in [7, 11) is 0. The molecule has 3 nitrogen and oxygen atoms in total. The molecule has 2 rings (SSSR count). The average Bonchev–Trinajstić information content (AvgIpc) is 2.27. The number of aryl methyl sites for hydroxylation is 1. The Labute approximate surface area is 110 Å². The minimum Gasteiger partial charge on any atom is -0.396 e. The van der Waals surface area contributed by atoms with Gasteiger partial charge in [-0.1, -0.05) is 23.2 Å². The van der Waals surface area contributed by atoms with Crippen molar-refractivity contribution in [3.63, 3.8) is 0 Å². The Kier molecular flexibility index (Phi) is 3.41. The zero-order chi connectivity index (χ0) is 12.4. The number of hydrogen-bond donors (Lipinski definition) is 2. The molecular weight excluding hydrogens is 257 g/mol. The molecule has 17 heavy (non-hydrogen) atoms. The summed E-state index contributed by atoms with van der Waals surface area (Å²) in [4.78, 5) is 4.30. The fraction of sp³-hybridized carbons (Fsp3) is 0.0833. The average molecular weight is 268 g/mol. The fourth-order valence-electron chi connectivity index (χ4n) is 1.39. The maximum atomic E-state index is 6.06. The van der Waals surface area contributed by atoms with Crippen LogP contribution in [-0.2, 0) is 0 Å². The van der Waals surface area contributed by atoms with E-state index in [1.54, 1.807) is 24.3 Å². The van der Waals surface area contributed by atoms with Crippen molar-refractivity contribution < 1.29 is 0 Å². The molecule has 0 aliphatic rings. The number of rotatable bonds is 2. The smallest absolute Gasteiger partial charge is 0.153 e. The lowest BCUT2D eigenvalue weighted by molar-refractivity contribution is 1.20. The molecule has 5 heteroatoms. The number of hydrogen-bond acceptors (Lipinski definition) is 3. The van der Waals surface area contributed by atoms with E-state index in [0.29, 0.717) is 21.6 Å². The van der Waals surface area contributed by atoms with E-state index in [1.807, 2.05) is 13.0 Å². The van der Waals surface area contributed by atoms with Crippen LogP contribution in [0, 0.1) is 6.92 Å². The van der Waals surface area contributed by atoms with Crippen molar-refractivity contribution in [3.8, 4) is 0 Å². The zero-order valence-electron chi connectivity index (χ0n) is 9.17. The van der Waals surface area contributed by atoms with E-state index in [-0.39, 0.29) is 0 Å². The molecule has 3 N–H and O–H groups in total. The molecule has 1 aromatic heterocycles. The van der Waals surface area contributed by atoms with Crippen molar-refractivity contribution in [2.24, 2.45) is 0 Å². The van der Waals surface area contributed by atoms with E-state index in [4.69, 9.17) is 28.9 Å². The van der Waals surface area contributed by atoms with E-state index in [1.165, 1.54) is 0 Å². The highest BCUT2D eigenvalue weighted by Crippen LogP contribution is 2.29. The van der Waals surface area contributed by atoms with E-state index in [2.05, 4.69) is 10.3 Å². The maximum Gasteiger partial charge on any atom is 0.153 e. The zero-order valence-corrected chi connectivity index (χ0v) is 10.7. The van der Waals surface area contributed by atoms with Gasteiger partial charge < -0.3 is 11.1 Å². The molecule has 0 unspecified atom stereocenters. The van der Waals surface area contributed by atoms with Crippen LogP contribution in [0.4, 0.5) is 17.2 Å². The van der Waals surface area contributed by atoms with Gasteiger partial charge in [0.1, 0.15) is 0 Å². The summed E-state index contributed by atoms with van der Waals surface area (Å²) in [6, 6.07) is 8.85. The number of nitrogens with two attached hydrogens (primary N) is 1. The van der Waals surface area contributed by atoms with Crippen LogP contribution in [0.25, 0.3) is 0 Å². The monoisotopic (exact) mass is 267 g/mol. The minimum atomic E-state index is 0.528. The lowest BCUT2D eigenvalue weighted by Gasteiger charge is -2.10. The molecule has 1 aromatic carbocycles. The molecule has 0 radical (unpaired) electrons. The van der Waals surface area contributed by atoms with E-state index in [9.17, 15) is 0 Å². The predicted octanol–water partition coefficient (Wildman–Crippen LogP) is 4.02. The normalized spacial score (nSPS) is 10.3. The predicted molar refractivity (Wildman–Crippen MR) is 73.1 cm³/mol. The Hall–Kier alpha value is -1.45. The van der Waals surface area contributed by atoms with Gasteiger partial charge in [-0.05, 0) is 37.3 Å². The second-order valence-electron chi connectivity index (χ2n) is 3.64. The van der Waals surface area contributed by atoms with Gasteiger partial charge in [-0.2, -0.15) is 0 Å². The summed E-state index contributed by atoms with van der Waals surface area (Å²) < 4.78 is 0. The van der Waals surface area contributed by atoms with E-state index in [0.717, 1.165) is 11.4 Å². The molecular formula is C12H11Cl2N3. The first-order valence-electron chi connectivity index (χ1n) is 5.01. The quantitative estimate of drug-likeness (QED) is 0.864. The fourth-order valence-corrected chi connectivity index (χ4v) is 1.84. The number of halogens is 2. The van der Waals surface area contributed by atoms with Crippen LogP contribution in [0.5, 0.6) is 0 Å². The summed E-state index contributed by atoms with van der Waals surface area (Å²) in [6.45, 7) is 1.90. The molecule has 0 amide bonds. The summed E-state index contributed by atoms with van der Waals surface area (Å²) in [5, 5.41) is 4.20. The van der Waals surface area contributed by atoms with Crippen molar-refractivity contribution in [1.82, 2.24) is 4.98 Å². The number of aromatic nitrogens is 1. The van der Waals surface area contributed by atoms with Crippen LogP contribution >= 0.6 is 23.2 Å². The minimum absolute atomic E-state index is 0.528. The van der Waals surface area contributed by atoms with Gasteiger partial charge in [0.2, 0.25) is 0 Å². The van der Waals surface area contributed by atoms with Crippen LogP contribution in [0.3, 0.4) is 0 Å². The molecule has 0 saturated heterocycles. The van der Waals surface area contributed by atoms with Crippen molar-refractivity contribution >= 4 is 40.4 Å². The first-order chi connectivity index (χ1) is 8.06. The Morgan fingerprint density at radius 1 is 1.18 bits per heavy atom. The highest BCUT2D eigenvalue weighted by Gasteiger charge is 2.05. The first kappa shape index (κ1) is 12.0. The lowest BCUT2D eigenvalue weighted by Crippen LogP contribution is -2.00. The number of nitrogen functional groups attached to an aromatic ring is 1. The van der Waals surface area contributed by atoms with Gasteiger partial charge >= 0.3 is 0 Å². The standard InChI is InChI=1S/C12H11Cl2N3/c1-7-2-4-10(15)12(16-7)17-11-5-3-8(13)6-9(11)14/h2-6H,15H2,1H3,(H,16,17). The van der Waals surface area contributed by atoms with Gasteiger partial charge in [0, 0.05) is 10.7 Å². The highest BCUT2D eigenvalue weighted by molar-refractivity contribution is 6.36. The van der Waals surface area contributed by atoms with Crippen molar-refractivity contribution in [2.45, 2.75) is 6.92 Å². The Balaban J connectivity index is 2.34. The third kappa shape index (κ3) is 2.81. The van der Waals surface area contributed by atoms with Gasteiger partial charge in [0.15, 0.2) is 5.82 Å². The molecule has 0 aliphatic carbocycles. The summed E-state index contributed by atoms with van der Waals surface area (Å²) >= 11 is 11.9. The molecule has 0 bridgehead atoms. The molecule has 0 spiro atoms. The second-order valence-corrected chi connectivity index (χ2v) is 4.48. The van der Waals surface area contributed by atoms with Crippen molar-refractivity contribution in [2.75, 3.05) is 11.1 Å². The molecule has 1 heterocycles. The van der Waals surface area contributed by atoms with Crippen molar-refractivity contribution in [3.05, 3.63) is 46.1 Å². The molecule has 88 valence electrons. The SMILES string of the molecule is Cc1ccc(N)c(Nc2ccc(Cl)cc2Cl)n1. The summed E-state index contributed by atoms with van der Waals surface area (Å²) in [5.74, 6) is 0.592. The van der Waals surface area contributed by atoms with Crippen LogP contribution < -0.4 is 11.1 Å². The lowest BCUT2D eigenvalue weighted by atomic mass is 10.3. The third-order valence-corrected chi connectivity index (χ3v) is 2.80. The van der Waals surface area contributed by atoms with Gasteiger partial charge in [-0.25, -0.2) is 4.98 Å². The van der Waals surface area contributed by atoms with E-state index >= 15 is 0 Å². The summed E-state index contributed by atoms with van der Waals surface area (Å²) in [5.41, 5.74) is 8.00. The van der Waals surface area contributed by atoms with Gasteiger partial charge in [0.05, 0.1) is 16.4 Å². The van der Waals surface area contributed by atoms with Crippen LogP contribution in [-0.4, -0.2) is 4.98 Å². The molecule has 0 atom stereocenters. The maximum absolute atomic E-state index is 6.06. The molecule has 0 saturated carbocycles. The largest absolute Gasteiger partial charge is 0.396 e.